The van der Waals surface area contributed by atoms with Gasteiger partial charge in [-0.05, 0) is 38.7 Å². The topological polar surface area (TPSA) is 69.6 Å². The number of allylic oxidation sites excluding steroid dienone is 1. The van der Waals surface area contributed by atoms with Crippen LogP contribution in [0.15, 0.2) is 42.0 Å². The van der Waals surface area contributed by atoms with Crippen LogP contribution in [0.1, 0.15) is 52.6 Å². The second-order valence-electron chi connectivity index (χ2n) is 6.99. The van der Waals surface area contributed by atoms with Crippen LogP contribution < -0.4 is 5.32 Å². The van der Waals surface area contributed by atoms with Crippen molar-refractivity contribution in [2.45, 2.75) is 53.1 Å². The van der Waals surface area contributed by atoms with Crippen LogP contribution in [-0.4, -0.2) is 34.6 Å². The largest absolute Gasteiger partial charge is 0.465 e. The molecule has 1 rings (SSSR count). The number of benzene rings is 1. The van der Waals surface area contributed by atoms with Crippen molar-refractivity contribution in [2.75, 3.05) is 6.54 Å². The van der Waals surface area contributed by atoms with Crippen LogP contribution in [0, 0.1) is 5.92 Å². The second-order valence-corrected chi connectivity index (χ2v) is 6.99. The van der Waals surface area contributed by atoms with Crippen molar-refractivity contribution in [3.63, 3.8) is 0 Å². The van der Waals surface area contributed by atoms with Gasteiger partial charge in [0.05, 0.1) is 6.04 Å². The monoisotopic (exact) mass is 346 g/mol. The van der Waals surface area contributed by atoms with E-state index in [2.05, 4.69) is 5.32 Å². The molecule has 0 aliphatic carbocycles. The Morgan fingerprint density at radius 2 is 1.76 bits per heavy atom. The first-order valence-corrected chi connectivity index (χ1v) is 8.70. The zero-order valence-electron chi connectivity index (χ0n) is 15.8. The van der Waals surface area contributed by atoms with Crippen LogP contribution in [0.3, 0.4) is 0 Å². The maximum absolute atomic E-state index is 13.1. The Hall–Kier alpha value is -2.30. The lowest BCUT2D eigenvalue weighted by Crippen LogP contribution is -2.49. The van der Waals surface area contributed by atoms with Gasteiger partial charge in [0.25, 0.3) is 0 Å². The van der Waals surface area contributed by atoms with Gasteiger partial charge < -0.3 is 15.3 Å². The highest BCUT2D eigenvalue weighted by Gasteiger charge is 2.29. The molecule has 0 bridgehead atoms. The summed E-state index contributed by atoms with van der Waals surface area (Å²) in [5.41, 5.74) is 2.14. The van der Waals surface area contributed by atoms with Crippen molar-refractivity contribution >= 4 is 12.0 Å². The average Bonchev–Trinajstić information content (AvgIpc) is 2.53. The van der Waals surface area contributed by atoms with Crippen LogP contribution >= 0.6 is 0 Å². The highest BCUT2D eigenvalue weighted by molar-refractivity contribution is 5.85. The van der Waals surface area contributed by atoms with Gasteiger partial charge in [-0.2, -0.15) is 0 Å². The molecule has 0 aliphatic heterocycles. The number of hydrogen-bond acceptors (Lipinski definition) is 2. The van der Waals surface area contributed by atoms with Gasteiger partial charge in [0, 0.05) is 6.54 Å². The van der Waals surface area contributed by atoms with E-state index >= 15 is 0 Å². The maximum atomic E-state index is 13.1. The fourth-order valence-corrected chi connectivity index (χ4v) is 2.67. The summed E-state index contributed by atoms with van der Waals surface area (Å²) in [6, 6.07) is 8.90. The molecule has 1 aromatic carbocycles. The van der Waals surface area contributed by atoms with E-state index in [1.54, 1.807) is 4.90 Å². The number of nitrogens with zero attached hydrogens (tertiary/aromatic N) is 1. The Labute approximate surface area is 150 Å². The summed E-state index contributed by atoms with van der Waals surface area (Å²) < 4.78 is 0. The van der Waals surface area contributed by atoms with E-state index in [-0.39, 0.29) is 17.9 Å². The maximum Gasteiger partial charge on any atom is 0.405 e. The predicted molar refractivity (Wildman–Crippen MR) is 100 cm³/mol. The number of amides is 2. The lowest BCUT2D eigenvalue weighted by molar-refractivity contribution is -0.135. The minimum atomic E-state index is -1.17. The molecule has 138 valence electrons. The molecule has 5 nitrogen and oxygen atoms in total. The fourth-order valence-electron chi connectivity index (χ4n) is 2.67. The zero-order chi connectivity index (χ0) is 19.0. The molecule has 2 unspecified atom stereocenters. The van der Waals surface area contributed by atoms with Gasteiger partial charge in [-0.1, -0.05) is 55.8 Å². The summed E-state index contributed by atoms with van der Waals surface area (Å²) in [6.07, 6.45) is 1.29. The van der Waals surface area contributed by atoms with Crippen molar-refractivity contribution in [1.82, 2.24) is 10.2 Å². The van der Waals surface area contributed by atoms with Gasteiger partial charge >= 0.3 is 6.09 Å². The molecule has 0 saturated heterocycles. The van der Waals surface area contributed by atoms with Crippen molar-refractivity contribution in [1.29, 1.82) is 0 Å². The van der Waals surface area contributed by atoms with Crippen molar-refractivity contribution < 1.29 is 14.7 Å². The molecular weight excluding hydrogens is 316 g/mol. The van der Waals surface area contributed by atoms with Crippen molar-refractivity contribution in [3.05, 3.63) is 47.5 Å². The Balaban J connectivity index is 3.12. The smallest absolute Gasteiger partial charge is 0.405 e. The average molecular weight is 346 g/mol. The number of carbonyl (C=O) groups excluding carboxylic acids is 1. The van der Waals surface area contributed by atoms with Crippen LogP contribution in [0.2, 0.25) is 0 Å². The van der Waals surface area contributed by atoms with E-state index in [9.17, 15) is 9.59 Å². The molecule has 0 aromatic heterocycles. The van der Waals surface area contributed by atoms with Crippen LogP contribution in [-0.2, 0) is 4.79 Å². The molecule has 25 heavy (non-hydrogen) atoms. The quantitative estimate of drug-likeness (QED) is 0.692. The number of rotatable bonds is 8. The van der Waals surface area contributed by atoms with E-state index in [1.807, 2.05) is 71.0 Å². The van der Waals surface area contributed by atoms with Crippen LogP contribution in [0.25, 0.3) is 0 Å². The summed E-state index contributed by atoms with van der Waals surface area (Å²) in [5.74, 6) is 0.0167. The van der Waals surface area contributed by atoms with Crippen LogP contribution in [0.4, 0.5) is 4.79 Å². The molecule has 5 heteroatoms. The summed E-state index contributed by atoms with van der Waals surface area (Å²) >= 11 is 0. The van der Waals surface area contributed by atoms with Gasteiger partial charge in [-0.25, -0.2) is 4.79 Å². The van der Waals surface area contributed by atoms with E-state index < -0.39 is 12.1 Å². The first-order chi connectivity index (χ1) is 11.7. The minimum absolute atomic E-state index is 0.144. The highest BCUT2D eigenvalue weighted by atomic mass is 16.4. The summed E-state index contributed by atoms with van der Waals surface area (Å²) in [4.78, 5) is 26.0. The molecule has 0 saturated carbocycles. The summed E-state index contributed by atoms with van der Waals surface area (Å²) in [7, 11) is 0. The number of carbonyl (C=O) groups is 2. The molecule has 2 amide bonds. The Morgan fingerprint density at radius 1 is 1.16 bits per heavy atom. The SMILES string of the molecule is CC(C)=CCN(C(=O)C(CC(C)C)NC(=O)O)C(C)c1ccccc1. The van der Waals surface area contributed by atoms with Gasteiger partial charge in [0.2, 0.25) is 5.91 Å². The van der Waals surface area contributed by atoms with Gasteiger partial charge in [-0.3, -0.25) is 4.79 Å². The third-order valence-electron chi connectivity index (χ3n) is 4.03. The molecule has 0 heterocycles. The number of carboxylic acid groups (broad SMARTS) is 1. The highest BCUT2D eigenvalue weighted by Crippen LogP contribution is 2.22. The Bertz CT molecular complexity index is 592. The molecular formula is C20H30N2O3. The summed E-state index contributed by atoms with van der Waals surface area (Å²) in [5, 5.41) is 11.5. The first-order valence-electron chi connectivity index (χ1n) is 8.70. The number of hydrogen-bond donors (Lipinski definition) is 2. The first kappa shape index (κ1) is 20.7. The van der Waals surface area contributed by atoms with Crippen molar-refractivity contribution in [3.8, 4) is 0 Å². The molecule has 0 radical (unpaired) electrons. The number of nitrogens with one attached hydrogen (secondary N) is 1. The second kappa shape index (κ2) is 9.87. The Kier molecular flexibility index (Phi) is 8.19. The molecule has 2 atom stereocenters. The molecule has 2 N–H and O–H groups in total. The minimum Gasteiger partial charge on any atom is -0.465 e. The molecule has 1 aromatic rings. The van der Waals surface area contributed by atoms with E-state index in [1.165, 1.54) is 0 Å². The zero-order valence-corrected chi connectivity index (χ0v) is 15.8. The summed E-state index contributed by atoms with van der Waals surface area (Å²) in [6.45, 7) is 10.3. The fraction of sp³-hybridized carbons (Fsp3) is 0.500. The van der Waals surface area contributed by atoms with Gasteiger partial charge in [0.1, 0.15) is 6.04 Å². The van der Waals surface area contributed by atoms with E-state index in [0.717, 1.165) is 11.1 Å². The van der Waals surface area contributed by atoms with Crippen LogP contribution in [0.5, 0.6) is 0 Å². The van der Waals surface area contributed by atoms with Crippen molar-refractivity contribution in [2.24, 2.45) is 5.92 Å². The molecule has 0 aliphatic rings. The van der Waals surface area contributed by atoms with Gasteiger partial charge in [-0.15, -0.1) is 0 Å². The molecule has 0 fully saturated rings. The third kappa shape index (κ3) is 6.99. The molecule has 0 spiro atoms. The lowest BCUT2D eigenvalue weighted by atomic mass is 10.0. The lowest BCUT2D eigenvalue weighted by Gasteiger charge is -2.32. The third-order valence-corrected chi connectivity index (χ3v) is 4.03. The van der Waals surface area contributed by atoms with E-state index in [4.69, 9.17) is 5.11 Å². The Morgan fingerprint density at radius 3 is 2.24 bits per heavy atom. The van der Waals surface area contributed by atoms with Gasteiger partial charge in [0.15, 0.2) is 0 Å². The van der Waals surface area contributed by atoms with E-state index in [0.29, 0.717) is 13.0 Å². The normalized spacial score (nSPS) is 13.0. The standard InChI is InChI=1S/C20H30N2O3/c1-14(2)11-12-22(16(5)17-9-7-6-8-10-17)19(23)18(13-15(3)4)21-20(24)25/h6-11,15-16,18,21H,12-13H2,1-5H3,(H,24,25). The predicted octanol–water partition coefficient (Wildman–Crippen LogP) is 4.22.